The second kappa shape index (κ2) is 3.57. The monoisotopic (exact) mass is 212 g/mol. The molecule has 1 aliphatic rings. The van der Waals surface area contributed by atoms with Crippen molar-refractivity contribution in [2.24, 2.45) is 0 Å². The molecule has 0 aliphatic carbocycles. The van der Waals surface area contributed by atoms with E-state index in [4.69, 9.17) is 5.11 Å². The summed E-state index contributed by atoms with van der Waals surface area (Å²) >= 11 is 1.29. The first-order valence-corrected chi connectivity index (χ1v) is 5.52. The molecule has 0 amide bonds. The summed E-state index contributed by atoms with van der Waals surface area (Å²) in [6.07, 6.45) is 1.87. The number of hydrogen-bond donors (Lipinski definition) is 1. The predicted octanol–water partition coefficient (Wildman–Crippen LogP) is 1.61. The first kappa shape index (κ1) is 9.45. The van der Waals surface area contributed by atoms with Crippen molar-refractivity contribution < 1.29 is 9.90 Å². The zero-order valence-electron chi connectivity index (χ0n) is 7.99. The van der Waals surface area contributed by atoms with Crippen LogP contribution in [0.4, 0.5) is 5.13 Å². The van der Waals surface area contributed by atoms with Gasteiger partial charge in [-0.25, -0.2) is 9.78 Å². The third kappa shape index (κ3) is 1.48. The van der Waals surface area contributed by atoms with Crippen molar-refractivity contribution in [1.82, 2.24) is 4.98 Å². The van der Waals surface area contributed by atoms with Crippen LogP contribution in [0.2, 0.25) is 0 Å². The van der Waals surface area contributed by atoms with Gasteiger partial charge in [0.05, 0.1) is 5.69 Å². The van der Waals surface area contributed by atoms with Gasteiger partial charge in [0.1, 0.15) is 4.88 Å². The van der Waals surface area contributed by atoms with Crippen molar-refractivity contribution in [3.05, 3.63) is 10.6 Å². The third-order valence-corrected chi connectivity index (χ3v) is 3.49. The lowest BCUT2D eigenvalue weighted by molar-refractivity contribution is 0.0701. The Hall–Kier alpha value is -1.10. The van der Waals surface area contributed by atoms with Gasteiger partial charge in [-0.3, -0.25) is 0 Å². The van der Waals surface area contributed by atoms with Gasteiger partial charge in [0.15, 0.2) is 5.13 Å². The SMILES string of the molecule is CCc1nc(N2CCC2)sc1C(=O)O. The van der Waals surface area contributed by atoms with E-state index in [1.54, 1.807) is 0 Å². The van der Waals surface area contributed by atoms with E-state index < -0.39 is 5.97 Å². The molecule has 0 unspecified atom stereocenters. The fourth-order valence-corrected chi connectivity index (χ4v) is 2.43. The highest BCUT2D eigenvalue weighted by Crippen LogP contribution is 2.29. The van der Waals surface area contributed by atoms with Gasteiger partial charge < -0.3 is 10.0 Å². The number of hydrogen-bond acceptors (Lipinski definition) is 4. The highest BCUT2D eigenvalue weighted by molar-refractivity contribution is 7.17. The van der Waals surface area contributed by atoms with Crippen LogP contribution in [-0.2, 0) is 6.42 Å². The number of thiazole rings is 1. The molecule has 0 saturated carbocycles. The van der Waals surface area contributed by atoms with Crippen LogP contribution in [0.25, 0.3) is 0 Å². The van der Waals surface area contributed by atoms with Crippen LogP contribution in [0.5, 0.6) is 0 Å². The summed E-state index contributed by atoms with van der Waals surface area (Å²) in [5.74, 6) is -0.855. The quantitative estimate of drug-likeness (QED) is 0.827. The summed E-state index contributed by atoms with van der Waals surface area (Å²) in [7, 11) is 0. The summed E-state index contributed by atoms with van der Waals surface area (Å²) in [6.45, 7) is 3.95. The molecule has 0 aromatic carbocycles. The standard InChI is InChI=1S/C9H12N2O2S/c1-2-6-7(8(12)13)14-9(10-6)11-4-3-5-11/h2-5H2,1H3,(H,12,13). The molecule has 14 heavy (non-hydrogen) atoms. The molecule has 1 aliphatic heterocycles. The molecule has 0 bridgehead atoms. The summed E-state index contributed by atoms with van der Waals surface area (Å²) in [4.78, 5) is 17.7. The van der Waals surface area contributed by atoms with E-state index in [9.17, 15) is 4.79 Å². The van der Waals surface area contributed by atoms with Crippen LogP contribution in [0.3, 0.4) is 0 Å². The van der Waals surface area contributed by atoms with Crippen molar-refractivity contribution in [3.8, 4) is 0 Å². The normalized spacial score (nSPS) is 15.4. The van der Waals surface area contributed by atoms with E-state index in [1.165, 1.54) is 17.8 Å². The molecule has 1 saturated heterocycles. The van der Waals surface area contributed by atoms with Gasteiger partial charge in [0.25, 0.3) is 0 Å². The van der Waals surface area contributed by atoms with Gasteiger partial charge in [-0.2, -0.15) is 0 Å². The number of carboxylic acids is 1. The minimum atomic E-state index is -0.855. The maximum Gasteiger partial charge on any atom is 0.347 e. The topological polar surface area (TPSA) is 53.4 Å². The van der Waals surface area contributed by atoms with Crippen LogP contribution >= 0.6 is 11.3 Å². The number of aromatic nitrogens is 1. The van der Waals surface area contributed by atoms with Crippen LogP contribution in [-0.4, -0.2) is 29.1 Å². The maximum absolute atomic E-state index is 10.9. The average molecular weight is 212 g/mol. The lowest BCUT2D eigenvalue weighted by atomic mass is 10.2. The first-order valence-electron chi connectivity index (χ1n) is 4.70. The predicted molar refractivity (Wildman–Crippen MR) is 55.3 cm³/mol. The smallest absolute Gasteiger partial charge is 0.347 e. The van der Waals surface area contributed by atoms with Gasteiger partial charge >= 0.3 is 5.97 Å². The number of anilines is 1. The fraction of sp³-hybridized carbons (Fsp3) is 0.556. The maximum atomic E-state index is 10.9. The van der Waals surface area contributed by atoms with E-state index in [0.717, 1.165) is 18.2 Å². The minimum Gasteiger partial charge on any atom is -0.477 e. The fourth-order valence-electron chi connectivity index (χ4n) is 1.39. The van der Waals surface area contributed by atoms with E-state index in [-0.39, 0.29) is 0 Å². The molecule has 1 aromatic heterocycles. The molecular weight excluding hydrogens is 200 g/mol. The van der Waals surface area contributed by atoms with Gasteiger partial charge in [0.2, 0.25) is 0 Å². The second-order valence-corrected chi connectivity index (χ2v) is 4.25. The molecule has 0 radical (unpaired) electrons. The Bertz CT molecular complexity index is 358. The van der Waals surface area contributed by atoms with Gasteiger partial charge in [0, 0.05) is 13.1 Å². The van der Waals surface area contributed by atoms with Crippen LogP contribution in [0, 0.1) is 0 Å². The van der Waals surface area contributed by atoms with Crippen molar-refractivity contribution in [2.75, 3.05) is 18.0 Å². The lowest BCUT2D eigenvalue weighted by Crippen LogP contribution is -2.36. The number of carboxylic acid groups (broad SMARTS) is 1. The van der Waals surface area contributed by atoms with E-state index in [2.05, 4.69) is 9.88 Å². The Morgan fingerprint density at radius 3 is 2.71 bits per heavy atom. The summed E-state index contributed by atoms with van der Waals surface area (Å²) in [6, 6.07) is 0. The molecule has 1 fully saturated rings. The minimum absolute atomic E-state index is 0.398. The van der Waals surface area contributed by atoms with E-state index in [0.29, 0.717) is 17.0 Å². The summed E-state index contributed by atoms with van der Waals surface area (Å²) in [5.41, 5.74) is 0.712. The molecule has 1 N–H and O–H groups in total. The molecular formula is C9H12N2O2S. The highest BCUT2D eigenvalue weighted by atomic mass is 32.1. The highest BCUT2D eigenvalue weighted by Gasteiger charge is 2.22. The Morgan fingerprint density at radius 2 is 2.36 bits per heavy atom. The Balaban J connectivity index is 2.30. The van der Waals surface area contributed by atoms with Crippen LogP contribution < -0.4 is 4.90 Å². The van der Waals surface area contributed by atoms with Crippen molar-refractivity contribution in [2.45, 2.75) is 19.8 Å². The molecule has 76 valence electrons. The number of nitrogens with zero attached hydrogens (tertiary/aromatic N) is 2. The molecule has 1 aromatic rings. The van der Waals surface area contributed by atoms with Crippen LogP contribution in [0.1, 0.15) is 28.7 Å². The van der Waals surface area contributed by atoms with Gasteiger partial charge in [-0.15, -0.1) is 0 Å². The zero-order valence-corrected chi connectivity index (χ0v) is 8.80. The molecule has 4 nitrogen and oxygen atoms in total. The van der Waals surface area contributed by atoms with Crippen molar-refractivity contribution in [3.63, 3.8) is 0 Å². The first-order chi connectivity index (χ1) is 6.72. The largest absolute Gasteiger partial charge is 0.477 e. The van der Waals surface area contributed by atoms with Crippen LogP contribution in [0.15, 0.2) is 0 Å². The van der Waals surface area contributed by atoms with Crippen molar-refractivity contribution in [1.29, 1.82) is 0 Å². The Labute approximate surface area is 86.2 Å². The van der Waals surface area contributed by atoms with E-state index >= 15 is 0 Å². The molecule has 5 heteroatoms. The second-order valence-electron chi connectivity index (χ2n) is 3.27. The number of aryl methyl sites for hydroxylation is 1. The number of aromatic carboxylic acids is 1. The van der Waals surface area contributed by atoms with Crippen molar-refractivity contribution >= 4 is 22.4 Å². The molecule has 2 rings (SSSR count). The molecule has 0 atom stereocenters. The summed E-state index contributed by atoms with van der Waals surface area (Å²) < 4.78 is 0. The Morgan fingerprint density at radius 1 is 1.64 bits per heavy atom. The van der Waals surface area contributed by atoms with Gasteiger partial charge in [-0.05, 0) is 12.8 Å². The third-order valence-electron chi connectivity index (χ3n) is 2.34. The zero-order chi connectivity index (χ0) is 10.1. The molecule has 0 spiro atoms. The average Bonchev–Trinajstić information content (AvgIpc) is 2.45. The van der Waals surface area contributed by atoms with E-state index in [1.807, 2.05) is 6.92 Å². The molecule has 2 heterocycles. The lowest BCUT2D eigenvalue weighted by Gasteiger charge is -2.30. The number of rotatable bonds is 3. The Kier molecular flexibility index (Phi) is 2.41. The van der Waals surface area contributed by atoms with Gasteiger partial charge in [-0.1, -0.05) is 18.3 Å². The summed E-state index contributed by atoms with van der Waals surface area (Å²) in [5, 5.41) is 9.80. The number of carbonyl (C=O) groups is 1.